The number of hydrogen-bond donors (Lipinski definition) is 2. The van der Waals surface area contributed by atoms with Gasteiger partial charge in [-0.15, -0.1) is 0 Å². The van der Waals surface area contributed by atoms with Crippen molar-refractivity contribution in [2.75, 3.05) is 37.4 Å². The van der Waals surface area contributed by atoms with Gasteiger partial charge in [-0.05, 0) is 74.5 Å². The van der Waals surface area contributed by atoms with E-state index in [-0.39, 0.29) is 11.8 Å². The van der Waals surface area contributed by atoms with Crippen LogP contribution in [0.3, 0.4) is 0 Å². The van der Waals surface area contributed by atoms with Crippen LogP contribution in [0.4, 0.5) is 11.4 Å². The van der Waals surface area contributed by atoms with Gasteiger partial charge in [-0.1, -0.05) is 0 Å². The van der Waals surface area contributed by atoms with Gasteiger partial charge in [0.15, 0.2) is 0 Å². The molecule has 1 fully saturated rings. The van der Waals surface area contributed by atoms with Gasteiger partial charge in [-0.2, -0.15) is 0 Å². The molecular formula is C20H23N3O3. The molecule has 0 unspecified atom stereocenters. The minimum Gasteiger partial charge on any atom is -0.497 e. The van der Waals surface area contributed by atoms with Crippen molar-refractivity contribution in [2.45, 2.75) is 12.8 Å². The average Bonchev–Trinajstić information content (AvgIpc) is 3.15. The van der Waals surface area contributed by atoms with Crippen molar-refractivity contribution in [1.29, 1.82) is 0 Å². The molecule has 0 aliphatic carbocycles. The van der Waals surface area contributed by atoms with Crippen LogP contribution in [-0.2, 0) is 4.79 Å². The molecule has 1 aliphatic rings. The van der Waals surface area contributed by atoms with Crippen molar-refractivity contribution >= 4 is 23.2 Å². The molecule has 26 heavy (non-hydrogen) atoms. The molecule has 0 atom stereocenters. The predicted molar refractivity (Wildman–Crippen MR) is 102 cm³/mol. The van der Waals surface area contributed by atoms with Gasteiger partial charge in [-0.25, -0.2) is 0 Å². The zero-order chi connectivity index (χ0) is 18.4. The number of ether oxygens (including phenoxy) is 1. The number of carbonyl (C=O) groups excluding carboxylic acids is 2. The largest absolute Gasteiger partial charge is 0.497 e. The Hall–Kier alpha value is -2.86. The zero-order valence-corrected chi connectivity index (χ0v) is 14.8. The third-order valence-electron chi connectivity index (χ3n) is 4.34. The molecule has 2 aromatic rings. The molecule has 6 nitrogen and oxygen atoms in total. The Bertz CT molecular complexity index is 751. The molecule has 136 valence electrons. The van der Waals surface area contributed by atoms with E-state index >= 15 is 0 Å². The summed E-state index contributed by atoms with van der Waals surface area (Å²) in [5, 5.41) is 5.70. The van der Waals surface area contributed by atoms with Gasteiger partial charge in [0.05, 0.1) is 13.7 Å². The molecule has 1 aliphatic heterocycles. The molecule has 2 N–H and O–H groups in total. The lowest BCUT2D eigenvalue weighted by Crippen LogP contribution is -2.30. The summed E-state index contributed by atoms with van der Waals surface area (Å²) in [5.41, 5.74) is 1.91. The molecule has 0 aromatic heterocycles. The fourth-order valence-corrected chi connectivity index (χ4v) is 2.93. The minimum absolute atomic E-state index is 0.0256. The second-order valence-electron chi connectivity index (χ2n) is 6.29. The Kier molecular flexibility index (Phi) is 5.86. The summed E-state index contributed by atoms with van der Waals surface area (Å²) >= 11 is 0. The maximum absolute atomic E-state index is 12.3. The van der Waals surface area contributed by atoms with Crippen LogP contribution in [0.2, 0.25) is 0 Å². The molecule has 0 bridgehead atoms. The number of rotatable bonds is 6. The van der Waals surface area contributed by atoms with Gasteiger partial charge in [0.25, 0.3) is 5.91 Å². The van der Waals surface area contributed by atoms with E-state index in [9.17, 15) is 9.59 Å². The number of nitrogens with zero attached hydrogens (tertiary/aromatic N) is 1. The monoisotopic (exact) mass is 353 g/mol. The van der Waals surface area contributed by atoms with Crippen molar-refractivity contribution in [1.82, 2.24) is 4.90 Å². The van der Waals surface area contributed by atoms with Gasteiger partial charge >= 0.3 is 0 Å². The standard InChI is InChI=1S/C20H23N3O3/c1-26-18-10-8-17(9-11-18)22-20(25)15-4-6-16(7-5-15)21-19(24)14-23-12-2-3-13-23/h4-11H,2-3,12-14H2,1H3,(H,21,24)(H,22,25). The van der Waals surface area contributed by atoms with Gasteiger partial charge < -0.3 is 15.4 Å². The fraction of sp³-hybridized carbons (Fsp3) is 0.300. The first-order valence-electron chi connectivity index (χ1n) is 8.72. The van der Waals surface area contributed by atoms with E-state index in [2.05, 4.69) is 15.5 Å². The summed E-state index contributed by atoms with van der Waals surface area (Å²) < 4.78 is 5.10. The highest BCUT2D eigenvalue weighted by Crippen LogP contribution is 2.17. The van der Waals surface area contributed by atoms with Gasteiger partial charge in [0.1, 0.15) is 5.75 Å². The second-order valence-corrected chi connectivity index (χ2v) is 6.29. The second kappa shape index (κ2) is 8.49. The first-order valence-corrected chi connectivity index (χ1v) is 8.72. The topological polar surface area (TPSA) is 70.7 Å². The van der Waals surface area contributed by atoms with Crippen LogP contribution in [0.25, 0.3) is 0 Å². The van der Waals surface area contributed by atoms with Gasteiger partial charge in [0.2, 0.25) is 5.91 Å². The summed E-state index contributed by atoms with van der Waals surface area (Å²) in [6.07, 6.45) is 2.32. The number of nitrogens with one attached hydrogen (secondary N) is 2. The molecule has 0 radical (unpaired) electrons. The highest BCUT2D eigenvalue weighted by molar-refractivity contribution is 6.04. The smallest absolute Gasteiger partial charge is 0.255 e. The Balaban J connectivity index is 1.54. The van der Waals surface area contributed by atoms with Crippen molar-refractivity contribution < 1.29 is 14.3 Å². The predicted octanol–water partition coefficient (Wildman–Crippen LogP) is 2.98. The normalized spacial score (nSPS) is 14.0. The minimum atomic E-state index is -0.204. The average molecular weight is 353 g/mol. The maximum atomic E-state index is 12.3. The molecule has 1 saturated heterocycles. The quantitative estimate of drug-likeness (QED) is 0.838. The van der Waals surface area contributed by atoms with Gasteiger partial charge in [0, 0.05) is 16.9 Å². The lowest BCUT2D eigenvalue weighted by atomic mass is 10.2. The number of methoxy groups -OCH3 is 1. The number of hydrogen-bond acceptors (Lipinski definition) is 4. The summed E-state index contributed by atoms with van der Waals surface area (Å²) in [7, 11) is 1.60. The Morgan fingerprint density at radius 2 is 1.50 bits per heavy atom. The van der Waals surface area contributed by atoms with Crippen LogP contribution in [0.5, 0.6) is 5.75 Å². The molecule has 1 heterocycles. The number of amides is 2. The van der Waals surface area contributed by atoms with Crippen molar-refractivity contribution in [2.24, 2.45) is 0 Å². The van der Waals surface area contributed by atoms with Crippen LogP contribution in [0.1, 0.15) is 23.2 Å². The van der Waals surface area contributed by atoms with Crippen LogP contribution in [0.15, 0.2) is 48.5 Å². The number of carbonyl (C=O) groups is 2. The molecular weight excluding hydrogens is 330 g/mol. The third kappa shape index (κ3) is 4.83. The molecule has 2 amide bonds. The number of anilines is 2. The molecule has 3 rings (SSSR count). The molecule has 6 heteroatoms. The van der Waals surface area contributed by atoms with Crippen molar-refractivity contribution in [3.05, 3.63) is 54.1 Å². The third-order valence-corrected chi connectivity index (χ3v) is 4.34. The van der Waals surface area contributed by atoms with E-state index < -0.39 is 0 Å². The van der Waals surface area contributed by atoms with E-state index in [1.54, 1.807) is 55.6 Å². The summed E-state index contributed by atoms with van der Waals surface area (Å²) in [6.45, 7) is 2.38. The molecule has 2 aromatic carbocycles. The van der Waals surface area contributed by atoms with E-state index in [1.165, 1.54) is 0 Å². The SMILES string of the molecule is COc1ccc(NC(=O)c2ccc(NC(=O)CN3CCCC3)cc2)cc1. The van der Waals surface area contributed by atoms with E-state index in [0.29, 0.717) is 23.5 Å². The maximum Gasteiger partial charge on any atom is 0.255 e. The van der Waals surface area contributed by atoms with Crippen molar-refractivity contribution in [3.8, 4) is 5.75 Å². The zero-order valence-electron chi connectivity index (χ0n) is 14.8. The number of benzene rings is 2. The van der Waals surface area contributed by atoms with Gasteiger partial charge in [-0.3, -0.25) is 14.5 Å². The Morgan fingerprint density at radius 1 is 0.923 bits per heavy atom. The lowest BCUT2D eigenvalue weighted by molar-refractivity contribution is -0.117. The van der Waals surface area contributed by atoms with Crippen LogP contribution >= 0.6 is 0 Å². The lowest BCUT2D eigenvalue weighted by Gasteiger charge is -2.14. The summed E-state index contributed by atoms with van der Waals surface area (Å²) in [5.74, 6) is 0.504. The fourth-order valence-electron chi connectivity index (χ4n) is 2.93. The highest BCUT2D eigenvalue weighted by atomic mass is 16.5. The van der Waals surface area contributed by atoms with Crippen LogP contribution in [-0.4, -0.2) is 43.5 Å². The highest BCUT2D eigenvalue weighted by Gasteiger charge is 2.15. The first-order chi connectivity index (χ1) is 12.6. The van der Waals surface area contributed by atoms with Crippen LogP contribution in [0, 0.1) is 0 Å². The summed E-state index contributed by atoms with van der Waals surface area (Å²) in [4.78, 5) is 26.5. The Labute approximate surface area is 153 Å². The summed E-state index contributed by atoms with van der Waals surface area (Å²) in [6, 6.07) is 14.0. The van der Waals surface area contributed by atoms with E-state index in [4.69, 9.17) is 4.74 Å². The van der Waals surface area contributed by atoms with Crippen molar-refractivity contribution in [3.63, 3.8) is 0 Å². The van der Waals surface area contributed by atoms with E-state index in [0.717, 1.165) is 31.7 Å². The first kappa shape index (κ1) is 17.9. The van der Waals surface area contributed by atoms with E-state index in [1.807, 2.05) is 0 Å². The molecule has 0 spiro atoms. The Morgan fingerprint density at radius 3 is 2.12 bits per heavy atom. The number of likely N-dealkylation sites (tertiary alicyclic amines) is 1. The van der Waals surface area contributed by atoms with Crippen LogP contribution < -0.4 is 15.4 Å². The molecule has 0 saturated carbocycles.